The Labute approximate surface area is 73.3 Å². The van der Waals surface area contributed by atoms with Crippen LogP contribution in [0.5, 0.6) is 0 Å². The molecule has 0 saturated carbocycles. The summed E-state index contributed by atoms with van der Waals surface area (Å²) in [6.07, 6.45) is 7.62. The fourth-order valence-corrected chi connectivity index (χ4v) is 1.28. The van der Waals surface area contributed by atoms with Gasteiger partial charge in [0.1, 0.15) is 18.9 Å². The quantitative estimate of drug-likeness (QED) is 0.652. The van der Waals surface area contributed by atoms with Crippen molar-refractivity contribution in [3.05, 3.63) is 18.7 Å². The Bertz CT molecular complexity index is 232. The van der Waals surface area contributed by atoms with Crippen LogP contribution < -0.4 is 4.57 Å². The molecule has 0 amide bonds. The maximum atomic E-state index is 9.48. The number of aryl methyl sites for hydroxylation is 1. The van der Waals surface area contributed by atoms with Crippen molar-refractivity contribution in [2.75, 3.05) is 0 Å². The normalized spacial score (nSPS) is 13.2. The standard InChI is InChI=1S/C9H17N2O/c1-3-4-9(12)7-11-6-5-10(2)8-11/h5-6,8-9,12H,3-4,7H2,1-2H3/q+1/t9-/m0/s1. The highest BCUT2D eigenvalue weighted by Gasteiger charge is 2.07. The van der Waals surface area contributed by atoms with Gasteiger partial charge in [-0.25, -0.2) is 9.13 Å². The molecule has 1 N–H and O–H groups in total. The summed E-state index contributed by atoms with van der Waals surface area (Å²) >= 11 is 0. The Hall–Kier alpha value is -0.830. The van der Waals surface area contributed by atoms with Crippen molar-refractivity contribution >= 4 is 0 Å². The average Bonchev–Trinajstić information content (AvgIpc) is 2.36. The summed E-state index contributed by atoms with van der Waals surface area (Å²) in [5, 5.41) is 9.48. The minimum Gasteiger partial charge on any atom is -0.389 e. The lowest BCUT2D eigenvalue weighted by atomic mass is 10.2. The third kappa shape index (κ3) is 2.66. The predicted octanol–water partition coefficient (Wildman–Crippen LogP) is 0.474. The van der Waals surface area contributed by atoms with Gasteiger partial charge in [0.05, 0.1) is 13.2 Å². The molecule has 12 heavy (non-hydrogen) atoms. The number of nitrogens with zero attached hydrogens (tertiary/aromatic N) is 2. The highest BCUT2D eigenvalue weighted by atomic mass is 16.3. The number of aromatic nitrogens is 2. The van der Waals surface area contributed by atoms with Crippen LogP contribution in [-0.2, 0) is 13.6 Å². The lowest BCUT2D eigenvalue weighted by Crippen LogP contribution is -2.24. The predicted molar refractivity (Wildman–Crippen MR) is 46.5 cm³/mol. The summed E-state index contributed by atoms with van der Waals surface area (Å²) in [4.78, 5) is 0. The van der Waals surface area contributed by atoms with Crippen molar-refractivity contribution in [2.24, 2.45) is 7.05 Å². The van der Waals surface area contributed by atoms with E-state index in [9.17, 15) is 5.11 Å². The lowest BCUT2D eigenvalue weighted by molar-refractivity contribution is -0.671. The molecule has 1 heterocycles. The number of rotatable bonds is 4. The Morgan fingerprint density at radius 3 is 2.83 bits per heavy atom. The van der Waals surface area contributed by atoms with Gasteiger partial charge in [0, 0.05) is 0 Å². The molecule has 0 fully saturated rings. The number of hydrogen-bond acceptors (Lipinski definition) is 1. The van der Waals surface area contributed by atoms with Crippen LogP contribution in [0.1, 0.15) is 19.8 Å². The molecule has 68 valence electrons. The summed E-state index contributed by atoms with van der Waals surface area (Å²) in [6.45, 7) is 2.79. The Kier molecular flexibility index (Phi) is 3.29. The molecular formula is C9H17N2O+. The molecule has 0 saturated heterocycles. The van der Waals surface area contributed by atoms with E-state index >= 15 is 0 Å². The topological polar surface area (TPSA) is 29.0 Å². The van der Waals surface area contributed by atoms with Crippen molar-refractivity contribution in [3.8, 4) is 0 Å². The van der Waals surface area contributed by atoms with Gasteiger partial charge in [-0.2, -0.15) is 0 Å². The molecule has 0 unspecified atom stereocenters. The summed E-state index contributed by atoms with van der Waals surface area (Å²) in [5.74, 6) is 0. The average molecular weight is 169 g/mol. The van der Waals surface area contributed by atoms with Gasteiger partial charge in [-0.1, -0.05) is 13.3 Å². The number of hydrogen-bond donors (Lipinski definition) is 1. The van der Waals surface area contributed by atoms with Crippen LogP contribution >= 0.6 is 0 Å². The van der Waals surface area contributed by atoms with Crippen LogP contribution in [0.15, 0.2) is 18.7 Å². The van der Waals surface area contributed by atoms with Gasteiger partial charge in [-0.15, -0.1) is 0 Å². The summed E-state index contributed by atoms with van der Waals surface area (Å²) in [7, 11) is 1.97. The fraction of sp³-hybridized carbons (Fsp3) is 0.667. The maximum absolute atomic E-state index is 9.48. The van der Waals surface area contributed by atoms with E-state index < -0.39 is 0 Å². The van der Waals surface area contributed by atoms with Crippen molar-refractivity contribution in [2.45, 2.75) is 32.4 Å². The zero-order valence-corrected chi connectivity index (χ0v) is 7.77. The molecule has 0 aromatic carbocycles. The summed E-state index contributed by atoms with van der Waals surface area (Å²) in [5.41, 5.74) is 0. The van der Waals surface area contributed by atoms with Gasteiger partial charge in [0.2, 0.25) is 6.33 Å². The minimum atomic E-state index is -0.206. The van der Waals surface area contributed by atoms with E-state index in [1.54, 1.807) is 0 Å². The van der Waals surface area contributed by atoms with Crippen LogP contribution in [0.3, 0.4) is 0 Å². The molecule has 1 aromatic rings. The van der Waals surface area contributed by atoms with Crippen LogP contribution in [0, 0.1) is 0 Å². The number of aliphatic hydroxyl groups excluding tert-OH is 1. The second-order valence-electron chi connectivity index (χ2n) is 3.22. The smallest absolute Gasteiger partial charge is 0.243 e. The van der Waals surface area contributed by atoms with Gasteiger partial charge in [-0.05, 0) is 6.42 Å². The van der Waals surface area contributed by atoms with E-state index in [0.29, 0.717) is 6.54 Å². The molecule has 3 nitrogen and oxygen atoms in total. The second kappa shape index (κ2) is 4.26. The van der Waals surface area contributed by atoms with E-state index in [0.717, 1.165) is 12.8 Å². The minimum absolute atomic E-state index is 0.206. The first-order chi connectivity index (χ1) is 5.72. The summed E-state index contributed by atoms with van der Waals surface area (Å²) < 4.78 is 3.97. The summed E-state index contributed by atoms with van der Waals surface area (Å²) in [6, 6.07) is 0. The fourth-order valence-electron chi connectivity index (χ4n) is 1.28. The van der Waals surface area contributed by atoms with E-state index in [4.69, 9.17) is 0 Å². The van der Waals surface area contributed by atoms with Crippen LogP contribution in [0.25, 0.3) is 0 Å². The third-order valence-electron chi connectivity index (χ3n) is 1.87. The Morgan fingerprint density at radius 2 is 2.33 bits per heavy atom. The Morgan fingerprint density at radius 1 is 1.58 bits per heavy atom. The molecule has 1 rings (SSSR count). The van der Waals surface area contributed by atoms with Crippen molar-refractivity contribution in [1.29, 1.82) is 0 Å². The van der Waals surface area contributed by atoms with Crippen molar-refractivity contribution in [1.82, 2.24) is 4.57 Å². The Balaban J connectivity index is 2.41. The molecule has 0 aliphatic carbocycles. The van der Waals surface area contributed by atoms with E-state index in [1.807, 2.05) is 34.9 Å². The molecule has 0 radical (unpaired) electrons. The molecule has 3 heteroatoms. The van der Waals surface area contributed by atoms with Gasteiger partial charge in [-0.3, -0.25) is 0 Å². The van der Waals surface area contributed by atoms with E-state index in [2.05, 4.69) is 6.92 Å². The van der Waals surface area contributed by atoms with Gasteiger partial charge < -0.3 is 5.11 Å². The molecule has 0 bridgehead atoms. The van der Waals surface area contributed by atoms with E-state index in [1.165, 1.54) is 0 Å². The molecule has 0 aliphatic rings. The molecular weight excluding hydrogens is 152 g/mol. The number of imidazole rings is 1. The van der Waals surface area contributed by atoms with Crippen molar-refractivity contribution < 1.29 is 9.67 Å². The largest absolute Gasteiger partial charge is 0.389 e. The van der Waals surface area contributed by atoms with Crippen molar-refractivity contribution in [3.63, 3.8) is 0 Å². The third-order valence-corrected chi connectivity index (χ3v) is 1.87. The van der Waals surface area contributed by atoms with Gasteiger partial charge in [0.15, 0.2) is 0 Å². The number of aliphatic hydroxyl groups is 1. The highest BCUT2D eigenvalue weighted by molar-refractivity contribution is 4.68. The highest BCUT2D eigenvalue weighted by Crippen LogP contribution is 1.98. The maximum Gasteiger partial charge on any atom is 0.243 e. The first-order valence-corrected chi connectivity index (χ1v) is 4.41. The molecule has 0 spiro atoms. The zero-order valence-electron chi connectivity index (χ0n) is 7.77. The van der Waals surface area contributed by atoms with Gasteiger partial charge in [0.25, 0.3) is 0 Å². The van der Waals surface area contributed by atoms with E-state index in [-0.39, 0.29) is 6.10 Å². The van der Waals surface area contributed by atoms with Gasteiger partial charge >= 0.3 is 0 Å². The lowest BCUT2D eigenvalue weighted by Gasteiger charge is -2.04. The first-order valence-electron chi connectivity index (χ1n) is 4.41. The SMILES string of the molecule is CCC[C@H](O)Cn1cc[n+](C)c1. The first kappa shape index (κ1) is 9.26. The molecule has 1 aromatic heterocycles. The van der Waals surface area contributed by atoms with Crippen LogP contribution in [0.4, 0.5) is 0 Å². The van der Waals surface area contributed by atoms with Crippen LogP contribution in [0.2, 0.25) is 0 Å². The molecule has 1 atom stereocenters. The molecule has 0 aliphatic heterocycles. The zero-order chi connectivity index (χ0) is 8.97. The van der Waals surface area contributed by atoms with Crippen LogP contribution in [-0.4, -0.2) is 15.8 Å². The second-order valence-corrected chi connectivity index (χ2v) is 3.22. The monoisotopic (exact) mass is 169 g/mol.